The van der Waals surface area contributed by atoms with Gasteiger partial charge in [0.05, 0.1) is 24.4 Å². The van der Waals surface area contributed by atoms with Crippen LogP contribution in [0.25, 0.3) is 11.0 Å². The molecule has 1 fully saturated rings. The minimum Gasteiger partial charge on any atom is -0.435 e. The van der Waals surface area contributed by atoms with Gasteiger partial charge in [0, 0.05) is 0 Å². The van der Waals surface area contributed by atoms with E-state index in [2.05, 4.69) is 15.1 Å². The number of hydrogen-bond donors (Lipinski definition) is 1. The molecule has 0 spiro atoms. The zero-order valence-corrected chi connectivity index (χ0v) is 19.6. The Hall–Kier alpha value is -1.65. The van der Waals surface area contributed by atoms with Crippen molar-refractivity contribution >= 4 is 50.8 Å². The van der Waals surface area contributed by atoms with Crippen molar-refractivity contribution in [3.8, 4) is 0 Å². The summed E-state index contributed by atoms with van der Waals surface area (Å²) in [4.78, 5) is 20.4. The molecule has 172 valence electrons. The van der Waals surface area contributed by atoms with Crippen LogP contribution in [0.4, 0.5) is 4.79 Å². The molecule has 3 heterocycles. The maximum atomic E-state index is 11.7. The second-order valence-corrected chi connectivity index (χ2v) is 9.53. The molecular formula is C16H22N4O8S3. The van der Waals surface area contributed by atoms with Crippen LogP contribution in [0.1, 0.15) is 13.2 Å². The van der Waals surface area contributed by atoms with Crippen molar-refractivity contribution in [1.82, 2.24) is 19.7 Å². The van der Waals surface area contributed by atoms with Crippen LogP contribution in [-0.4, -0.2) is 89.7 Å². The Morgan fingerprint density at radius 2 is 2.03 bits per heavy atom. The summed E-state index contributed by atoms with van der Waals surface area (Å²) in [5.41, 5.74) is 0.401. The molecule has 12 nitrogen and oxygen atoms in total. The highest BCUT2D eigenvalue weighted by Gasteiger charge is 2.49. The van der Waals surface area contributed by atoms with E-state index in [0.717, 1.165) is 6.26 Å². The lowest BCUT2D eigenvalue weighted by molar-refractivity contribution is -0.0641. The average Bonchev–Trinajstić information content (AvgIpc) is 3.26. The van der Waals surface area contributed by atoms with Crippen molar-refractivity contribution < 1.29 is 36.7 Å². The minimum atomic E-state index is -3.95. The van der Waals surface area contributed by atoms with Crippen molar-refractivity contribution in [3.05, 3.63) is 6.20 Å². The van der Waals surface area contributed by atoms with Gasteiger partial charge in [0.2, 0.25) is 0 Å². The van der Waals surface area contributed by atoms with Crippen LogP contribution >= 0.6 is 23.5 Å². The minimum absolute atomic E-state index is 0.105. The molecule has 0 saturated carbocycles. The molecule has 0 aliphatic carbocycles. The number of ether oxygens (including phenoxy) is 3. The highest BCUT2D eigenvalue weighted by molar-refractivity contribution is 7.99. The normalized spacial score (nSPS) is 23.9. The van der Waals surface area contributed by atoms with Crippen LogP contribution in [0, 0.1) is 0 Å². The smallest absolute Gasteiger partial charge is 0.435 e. The standard InChI is InChI=1S/C16H22N4O8S3/c1-5-25-16(22)26-7-9-11(28-31(4,23)24)10(21)14(27-9)20-12-8(6-17-20)13(29-2)19-15(18-12)30-3/h6,9-11,14,21H,5,7H2,1-4H3/t9-,10-,11+,14+/m1/s1. The number of hydrogen-bond acceptors (Lipinski definition) is 13. The maximum absolute atomic E-state index is 11.7. The van der Waals surface area contributed by atoms with Gasteiger partial charge >= 0.3 is 6.16 Å². The maximum Gasteiger partial charge on any atom is 0.508 e. The van der Waals surface area contributed by atoms with Gasteiger partial charge in [-0.25, -0.2) is 19.4 Å². The van der Waals surface area contributed by atoms with E-state index in [-0.39, 0.29) is 6.61 Å². The van der Waals surface area contributed by atoms with Crippen molar-refractivity contribution in [2.75, 3.05) is 32.0 Å². The molecular weight excluding hydrogens is 472 g/mol. The Morgan fingerprint density at radius 3 is 2.65 bits per heavy atom. The molecule has 4 atom stereocenters. The third kappa shape index (κ3) is 5.40. The first-order valence-electron chi connectivity index (χ1n) is 9.03. The molecule has 0 unspecified atom stereocenters. The molecule has 1 aliphatic rings. The zero-order valence-electron chi connectivity index (χ0n) is 17.1. The van der Waals surface area contributed by atoms with E-state index in [1.807, 2.05) is 12.5 Å². The largest absolute Gasteiger partial charge is 0.508 e. The molecule has 0 bridgehead atoms. The molecule has 1 N–H and O–H groups in total. The Morgan fingerprint density at radius 1 is 1.29 bits per heavy atom. The first-order chi connectivity index (χ1) is 14.7. The number of thioether (sulfide) groups is 2. The van der Waals surface area contributed by atoms with Gasteiger partial charge < -0.3 is 19.3 Å². The lowest BCUT2D eigenvalue weighted by atomic mass is 10.1. The Kier molecular flexibility index (Phi) is 7.64. The van der Waals surface area contributed by atoms with E-state index in [4.69, 9.17) is 18.4 Å². The monoisotopic (exact) mass is 494 g/mol. The van der Waals surface area contributed by atoms with E-state index in [0.29, 0.717) is 21.2 Å². The first-order valence-corrected chi connectivity index (χ1v) is 13.3. The fraction of sp³-hybridized carbons (Fsp3) is 0.625. The van der Waals surface area contributed by atoms with E-state index >= 15 is 0 Å². The van der Waals surface area contributed by atoms with Gasteiger partial charge in [0.15, 0.2) is 17.0 Å². The van der Waals surface area contributed by atoms with E-state index in [1.54, 1.807) is 6.92 Å². The van der Waals surface area contributed by atoms with E-state index in [1.165, 1.54) is 34.4 Å². The molecule has 1 saturated heterocycles. The van der Waals surface area contributed by atoms with Crippen LogP contribution in [0.2, 0.25) is 0 Å². The number of aliphatic hydroxyl groups excluding tert-OH is 1. The van der Waals surface area contributed by atoms with Gasteiger partial charge in [-0.1, -0.05) is 11.8 Å². The summed E-state index contributed by atoms with van der Waals surface area (Å²) >= 11 is 2.75. The van der Waals surface area contributed by atoms with Crippen LogP contribution in [0.15, 0.2) is 16.4 Å². The average molecular weight is 495 g/mol. The number of carbonyl (C=O) groups excluding carboxylic acids is 1. The summed E-state index contributed by atoms with van der Waals surface area (Å²) in [7, 11) is -3.95. The summed E-state index contributed by atoms with van der Waals surface area (Å²) in [5.74, 6) is 0. The highest BCUT2D eigenvalue weighted by Crippen LogP contribution is 2.35. The molecule has 0 amide bonds. The predicted molar refractivity (Wildman–Crippen MR) is 111 cm³/mol. The van der Waals surface area contributed by atoms with Crippen molar-refractivity contribution in [1.29, 1.82) is 0 Å². The van der Waals surface area contributed by atoms with Crippen LogP contribution in [0.3, 0.4) is 0 Å². The second-order valence-electron chi connectivity index (χ2n) is 6.36. The SMILES string of the molecule is CCOC(=O)OC[C@H]1O[C@H](n2ncc3c(SC)nc(SC)nc32)[C@H](O)[C@H]1OS(C)(=O)=O. The highest BCUT2D eigenvalue weighted by atomic mass is 32.2. The van der Waals surface area contributed by atoms with E-state index < -0.39 is 47.4 Å². The Balaban J connectivity index is 1.94. The lowest BCUT2D eigenvalue weighted by Crippen LogP contribution is -2.38. The second kappa shape index (κ2) is 9.87. The molecule has 15 heteroatoms. The number of rotatable bonds is 8. The zero-order chi connectivity index (χ0) is 22.8. The summed E-state index contributed by atoms with van der Waals surface area (Å²) < 4.78 is 45.3. The topological polar surface area (TPSA) is 152 Å². The van der Waals surface area contributed by atoms with Gasteiger partial charge in [-0.05, 0) is 19.4 Å². The van der Waals surface area contributed by atoms with Gasteiger partial charge in [0.25, 0.3) is 10.1 Å². The number of fused-ring (bicyclic) bond motifs is 1. The number of aromatic nitrogens is 4. The summed E-state index contributed by atoms with van der Waals surface area (Å²) in [6.45, 7) is 1.32. The van der Waals surface area contributed by atoms with Gasteiger partial charge in [-0.3, -0.25) is 4.18 Å². The Labute approximate surface area is 187 Å². The van der Waals surface area contributed by atoms with E-state index in [9.17, 15) is 18.3 Å². The molecule has 3 rings (SSSR count). The summed E-state index contributed by atoms with van der Waals surface area (Å²) in [6.07, 6.45) is 0.107. The Bertz CT molecular complexity index is 1050. The van der Waals surface area contributed by atoms with Gasteiger partial charge in [-0.15, -0.1) is 11.8 Å². The van der Waals surface area contributed by atoms with Crippen LogP contribution in [-0.2, 0) is 28.5 Å². The van der Waals surface area contributed by atoms with Gasteiger partial charge in [0.1, 0.15) is 29.9 Å². The lowest BCUT2D eigenvalue weighted by Gasteiger charge is -2.19. The molecule has 0 aromatic carbocycles. The molecule has 31 heavy (non-hydrogen) atoms. The molecule has 1 aliphatic heterocycles. The van der Waals surface area contributed by atoms with Crippen molar-refractivity contribution in [2.45, 2.75) is 41.6 Å². The fourth-order valence-corrected chi connectivity index (χ4v) is 4.60. The van der Waals surface area contributed by atoms with Crippen LogP contribution < -0.4 is 0 Å². The third-order valence-electron chi connectivity index (χ3n) is 4.24. The predicted octanol–water partition coefficient (Wildman–Crippen LogP) is 1.05. The third-order valence-corrected chi connectivity index (χ3v) is 6.06. The fourth-order valence-electron chi connectivity index (χ4n) is 3.00. The summed E-state index contributed by atoms with van der Waals surface area (Å²) in [5, 5.41) is 16.9. The van der Waals surface area contributed by atoms with Gasteiger partial charge in [-0.2, -0.15) is 13.5 Å². The van der Waals surface area contributed by atoms with Crippen molar-refractivity contribution in [2.24, 2.45) is 0 Å². The van der Waals surface area contributed by atoms with Crippen LogP contribution in [0.5, 0.6) is 0 Å². The number of aliphatic hydroxyl groups is 1. The molecule has 2 aromatic heterocycles. The first kappa shape index (κ1) is 24.0. The molecule has 0 radical (unpaired) electrons. The number of carbonyl (C=O) groups is 1. The quantitative estimate of drug-likeness (QED) is 0.183. The van der Waals surface area contributed by atoms with Crippen molar-refractivity contribution in [3.63, 3.8) is 0 Å². The number of nitrogens with zero attached hydrogens (tertiary/aromatic N) is 4. The summed E-state index contributed by atoms with van der Waals surface area (Å²) in [6, 6.07) is 0. The molecule has 2 aromatic rings.